The van der Waals surface area contributed by atoms with Gasteiger partial charge in [-0.3, -0.25) is 9.79 Å². The van der Waals surface area contributed by atoms with Crippen LogP contribution in [0.1, 0.15) is 40.0 Å². The largest absolute Gasteiger partial charge is 0.389 e. The highest BCUT2D eigenvalue weighted by atomic mass is 127. The molecule has 0 rings (SSSR count). The summed E-state index contributed by atoms with van der Waals surface area (Å²) in [5, 5.41) is 5.79. The van der Waals surface area contributed by atoms with Gasteiger partial charge in [0.05, 0.1) is 6.54 Å². The fourth-order valence-electron chi connectivity index (χ4n) is 1.78. The SMILES string of the molecule is CN=C(NCCCCC(F)(F)F)N(C)CC(=O)NC(C)(C)C.I. The minimum atomic E-state index is -4.11. The number of nitrogens with zero attached hydrogens (tertiary/aromatic N) is 2. The Kier molecular flexibility index (Phi) is 11.6. The number of carbonyl (C=O) groups excluding carboxylic acids is 1. The van der Waals surface area contributed by atoms with Gasteiger partial charge >= 0.3 is 6.18 Å². The van der Waals surface area contributed by atoms with Crippen LogP contribution in [-0.2, 0) is 4.79 Å². The van der Waals surface area contributed by atoms with E-state index in [9.17, 15) is 18.0 Å². The second-order valence-corrected chi connectivity index (χ2v) is 6.20. The summed E-state index contributed by atoms with van der Waals surface area (Å²) < 4.78 is 36.1. The van der Waals surface area contributed by atoms with Gasteiger partial charge < -0.3 is 15.5 Å². The monoisotopic (exact) mass is 452 g/mol. The Morgan fingerprint density at radius 2 is 1.74 bits per heavy atom. The van der Waals surface area contributed by atoms with Gasteiger partial charge in [0, 0.05) is 32.6 Å². The highest BCUT2D eigenvalue weighted by molar-refractivity contribution is 14.0. The first-order chi connectivity index (χ1) is 9.94. The molecule has 138 valence electrons. The number of amides is 1. The van der Waals surface area contributed by atoms with E-state index in [4.69, 9.17) is 0 Å². The molecule has 5 nitrogen and oxygen atoms in total. The minimum Gasteiger partial charge on any atom is -0.356 e. The quantitative estimate of drug-likeness (QED) is 0.282. The Bertz CT molecular complexity index is 381. The van der Waals surface area contributed by atoms with E-state index in [1.54, 1.807) is 19.0 Å². The van der Waals surface area contributed by atoms with E-state index in [1.807, 2.05) is 20.8 Å². The summed E-state index contributed by atoms with van der Waals surface area (Å²) in [6.07, 6.45) is -4.43. The van der Waals surface area contributed by atoms with Gasteiger partial charge in [0.2, 0.25) is 5.91 Å². The molecule has 0 spiro atoms. The zero-order chi connectivity index (χ0) is 17.4. The Balaban J connectivity index is 0. The lowest BCUT2D eigenvalue weighted by Crippen LogP contribution is -2.48. The maximum atomic E-state index is 12.0. The number of halogens is 4. The normalized spacial score (nSPS) is 12.4. The molecular formula is C14H28F3IN4O. The van der Waals surface area contributed by atoms with Crippen molar-refractivity contribution < 1.29 is 18.0 Å². The lowest BCUT2D eigenvalue weighted by atomic mass is 10.1. The van der Waals surface area contributed by atoms with Crippen LogP contribution in [0.2, 0.25) is 0 Å². The standard InChI is InChI=1S/C14H27F3N4O.HI/c1-13(2,3)20-11(22)10-21(5)12(18-4)19-9-7-6-8-14(15,16)17;/h6-10H2,1-5H3,(H,18,19)(H,20,22);1H. The molecule has 0 fully saturated rings. The van der Waals surface area contributed by atoms with E-state index in [1.165, 1.54) is 0 Å². The molecule has 0 aliphatic carbocycles. The van der Waals surface area contributed by atoms with Crippen LogP contribution in [0.3, 0.4) is 0 Å². The Labute approximate surface area is 153 Å². The van der Waals surface area contributed by atoms with Gasteiger partial charge in [-0.2, -0.15) is 13.2 Å². The summed E-state index contributed by atoms with van der Waals surface area (Å²) in [6, 6.07) is 0. The van der Waals surface area contributed by atoms with Crippen molar-refractivity contribution in [2.75, 3.05) is 27.2 Å². The Hall–Kier alpha value is -0.740. The van der Waals surface area contributed by atoms with Gasteiger partial charge in [-0.1, -0.05) is 0 Å². The van der Waals surface area contributed by atoms with E-state index >= 15 is 0 Å². The van der Waals surface area contributed by atoms with E-state index in [0.29, 0.717) is 18.9 Å². The predicted molar refractivity (Wildman–Crippen MR) is 97.2 cm³/mol. The number of rotatable bonds is 6. The van der Waals surface area contributed by atoms with Crippen molar-refractivity contribution in [2.45, 2.75) is 51.7 Å². The zero-order valence-corrected chi connectivity index (χ0v) is 16.7. The molecule has 0 aromatic carbocycles. The maximum Gasteiger partial charge on any atom is 0.389 e. The van der Waals surface area contributed by atoms with Crippen molar-refractivity contribution in [3.05, 3.63) is 0 Å². The molecule has 1 amide bonds. The average Bonchev–Trinajstić information content (AvgIpc) is 2.29. The number of carbonyl (C=O) groups is 1. The highest BCUT2D eigenvalue weighted by Gasteiger charge is 2.25. The van der Waals surface area contributed by atoms with Gasteiger partial charge in [-0.15, -0.1) is 24.0 Å². The summed E-state index contributed by atoms with van der Waals surface area (Å²) >= 11 is 0. The number of guanidine groups is 1. The Morgan fingerprint density at radius 1 is 1.17 bits per heavy atom. The van der Waals surface area contributed by atoms with E-state index < -0.39 is 12.6 Å². The number of likely N-dealkylation sites (N-methyl/N-ethyl adjacent to an activating group) is 1. The molecule has 0 aromatic rings. The number of alkyl halides is 3. The smallest absolute Gasteiger partial charge is 0.356 e. The second kappa shape index (κ2) is 10.9. The number of nitrogens with one attached hydrogen (secondary N) is 2. The molecule has 0 saturated heterocycles. The summed E-state index contributed by atoms with van der Waals surface area (Å²) in [6.45, 7) is 6.17. The molecule has 0 atom stereocenters. The topological polar surface area (TPSA) is 56.7 Å². The van der Waals surface area contributed by atoms with Crippen LogP contribution in [0.4, 0.5) is 13.2 Å². The summed E-state index contributed by atoms with van der Waals surface area (Å²) in [7, 11) is 3.27. The van der Waals surface area contributed by atoms with Crippen LogP contribution in [-0.4, -0.2) is 55.7 Å². The molecule has 2 N–H and O–H groups in total. The Morgan fingerprint density at radius 3 is 2.17 bits per heavy atom. The highest BCUT2D eigenvalue weighted by Crippen LogP contribution is 2.21. The van der Waals surface area contributed by atoms with Crippen molar-refractivity contribution in [1.29, 1.82) is 0 Å². The average molecular weight is 452 g/mol. The van der Waals surface area contributed by atoms with E-state index in [-0.39, 0.29) is 48.4 Å². The van der Waals surface area contributed by atoms with Gasteiger partial charge in [0.25, 0.3) is 0 Å². The van der Waals surface area contributed by atoms with Crippen LogP contribution in [0.5, 0.6) is 0 Å². The van der Waals surface area contributed by atoms with Crippen LogP contribution in [0.25, 0.3) is 0 Å². The van der Waals surface area contributed by atoms with Crippen molar-refractivity contribution in [3.63, 3.8) is 0 Å². The fourth-order valence-corrected chi connectivity index (χ4v) is 1.78. The third-order valence-electron chi connectivity index (χ3n) is 2.64. The van der Waals surface area contributed by atoms with E-state index in [2.05, 4.69) is 15.6 Å². The zero-order valence-electron chi connectivity index (χ0n) is 14.4. The third kappa shape index (κ3) is 14.6. The summed E-state index contributed by atoms with van der Waals surface area (Å²) in [5.74, 6) is 0.339. The molecule has 0 aliphatic heterocycles. The van der Waals surface area contributed by atoms with Crippen LogP contribution < -0.4 is 10.6 Å². The molecule has 0 saturated carbocycles. The summed E-state index contributed by atoms with van der Waals surface area (Å²) in [4.78, 5) is 17.5. The van der Waals surface area contributed by atoms with Crippen LogP contribution >= 0.6 is 24.0 Å². The summed E-state index contributed by atoms with van der Waals surface area (Å²) in [5.41, 5.74) is -0.313. The van der Waals surface area contributed by atoms with Crippen molar-refractivity contribution in [3.8, 4) is 0 Å². The van der Waals surface area contributed by atoms with Crippen LogP contribution in [0.15, 0.2) is 4.99 Å². The first-order valence-corrected chi connectivity index (χ1v) is 7.24. The first kappa shape index (κ1) is 24.5. The molecule has 0 aliphatic rings. The van der Waals surface area contributed by atoms with Crippen molar-refractivity contribution in [1.82, 2.24) is 15.5 Å². The van der Waals surface area contributed by atoms with Gasteiger partial charge in [-0.25, -0.2) is 0 Å². The van der Waals surface area contributed by atoms with Crippen molar-refractivity contribution in [2.24, 2.45) is 4.99 Å². The predicted octanol–water partition coefficient (Wildman–Crippen LogP) is 2.76. The first-order valence-electron chi connectivity index (χ1n) is 7.24. The van der Waals surface area contributed by atoms with Gasteiger partial charge in [-0.05, 0) is 33.6 Å². The van der Waals surface area contributed by atoms with E-state index in [0.717, 1.165) is 0 Å². The number of hydrogen-bond donors (Lipinski definition) is 2. The minimum absolute atomic E-state index is 0. The molecule has 0 aromatic heterocycles. The number of aliphatic imine (C=N–C) groups is 1. The number of hydrogen-bond acceptors (Lipinski definition) is 2. The van der Waals surface area contributed by atoms with Crippen molar-refractivity contribution >= 4 is 35.8 Å². The fraction of sp³-hybridized carbons (Fsp3) is 0.857. The molecule has 9 heteroatoms. The van der Waals surface area contributed by atoms with Gasteiger partial charge in [0.15, 0.2) is 5.96 Å². The van der Waals surface area contributed by atoms with Gasteiger partial charge in [0.1, 0.15) is 0 Å². The molecular weight excluding hydrogens is 424 g/mol. The maximum absolute atomic E-state index is 12.0. The second-order valence-electron chi connectivity index (χ2n) is 6.20. The molecule has 0 heterocycles. The molecule has 0 bridgehead atoms. The third-order valence-corrected chi connectivity index (χ3v) is 2.64. The lowest BCUT2D eigenvalue weighted by molar-refractivity contribution is -0.135. The van der Waals surface area contributed by atoms with Crippen LogP contribution in [0, 0.1) is 0 Å². The lowest BCUT2D eigenvalue weighted by Gasteiger charge is -2.25. The molecule has 0 radical (unpaired) electrons. The molecule has 0 unspecified atom stereocenters. The molecule has 23 heavy (non-hydrogen) atoms. The number of unbranched alkanes of at least 4 members (excludes halogenated alkanes) is 1.